The standard InChI is InChI=1S/C8H7.3CHO.Cr/c1-2-8-6-4-3-5-7-8;3*1-2;/h1-7H;3*1H;. The molecule has 15 heavy (non-hydrogen) atoms. The molecule has 4 heteroatoms. The van der Waals surface area contributed by atoms with Crippen LogP contribution in [0.2, 0.25) is 0 Å². The molecule has 0 unspecified atom stereocenters. The van der Waals surface area contributed by atoms with Crippen molar-refractivity contribution in [3.05, 3.63) is 40.8 Å². The molecule has 1 aromatic carbocycles. The number of benzene rings is 1. The number of carbonyl (C=O) groups is 3. The summed E-state index contributed by atoms with van der Waals surface area (Å²) in [5.41, 5.74) is 0.865. The van der Waals surface area contributed by atoms with E-state index in [1.165, 1.54) is 4.94 Å². The molecule has 0 heterocycles. The van der Waals surface area contributed by atoms with Crippen LogP contribution in [0.15, 0.2) is 35.3 Å². The molecule has 3 nitrogen and oxygen atoms in total. The number of carbonyl (C=O) groups excluding carboxylic acids is 3. The maximum absolute atomic E-state index is 10.7. The number of rotatable bonds is 5. The summed E-state index contributed by atoms with van der Waals surface area (Å²) in [6.07, 6.45) is 1.64. The molecular formula is C11H10CrO3. The Labute approximate surface area is 90.1 Å². The maximum atomic E-state index is 10.7. The first-order valence-electron chi connectivity index (χ1n) is 4.18. The van der Waals surface area contributed by atoms with Crippen LogP contribution in [0.3, 0.4) is 0 Å². The van der Waals surface area contributed by atoms with Crippen LogP contribution < -0.4 is 0 Å². The van der Waals surface area contributed by atoms with Crippen molar-refractivity contribution >= 4 is 21.5 Å². The van der Waals surface area contributed by atoms with E-state index < -0.39 is 13.1 Å². The van der Waals surface area contributed by atoms with Gasteiger partial charge < -0.3 is 0 Å². The van der Waals surface area contributed by atoms with Crippen LogP contribution in [0.5, 0.6) is 0 Å². The van der Waals surface area contributed by atoms with Gasteiger partial charge in [0.2, 0.25) is 0 Å². The molecular weight excluding hydrogens is 232 g/mol. The van der Waals surface area contributed by atoms with Crippen molar-refractivity contribution in [2.24, 2.45) is 0 Å². The van der Waals surface area contributed by atoms with Crippen molar-refractivity contribution in [2.45, 2.75) is 0 Å². The molecule has 1 rings (SSSR count). The summed E-state index contributed by atoms with van der Waals surface area (Å²) in [7, 11) is 0. The van der Waals surface area contributed by atoms with Crippen LogP contribution in [0.25, 0.3) is 6.08 Å². The topological polar surface area (TPSA) is 51.2 Å². The van der Waals surface area contributed by atoms with Gasteiger partial charge in [0.25, 0.3) is 0 Å². The Morgan fingerprint density at radius 2 is 1.40 bits per heavy atom. The molecule has 0 aliphatic heterocycles. The van der Waals surface area contributed by atoms with Crippen LogP contribution in [-0.2, 0) is 27.5 Å². The van der Waals surface area contributed by atoms with E-state index >= 15 is 0 Å². The summed E-state index contributed by atoms with van der Waals surface area (Å²) in [4.78, 5) is 33.4. The third-order valence-electron chi connectivity index (χ3n) is 1.80. The molecule has 0 radical (unpaired) electrons. The fourth-order valence-electron chi connectivity index (χ4n) is 0.925. The molecule has 0 N–H and O–H groups in total. The van der Waals surface area contributed by atoms with Gasteiger partial charge in [-0.25, -0.2) is 0 Å². The SMILES string of the molecule is O=[CH][Cr]([CH]=O)([CH]=O)[CH]=Cc1ccccc1. The molecule has 0 saturated carbocycles. The quantitative estimate of drug-likeness (QED) is 0.733. The van der Waals surface area contributed by atoms with Crippen LogP contribution >= 0.6 is 0 Å². The fourth-order valence-corrected chi connectivity index (χ4v) is 2.05. The second kappa shape index (κ2) is 5.40. The predicted octanol–water partition coefficient (Wildman–Crippen LogP) is 1.38. The van der Waals surface area contributed by atoms with Gasteiger partial charge in [-0.15, -0.1) is 0 Å². The molecule has 1 aromatic rings. The van der Waals surface area contributed by atoms with Gasteiger partial charge in [-0.3, -0.25) is 0 Å². The molecule has 0 aliphatic rings. The Balaban J connectivity index is 2.93. The second-order valence-corrected chi connectivity index (χ2v) is 6.70. The van der Waals surface area contributed by atoms with Crippen molar-refractivity contribution in [1.82, 2.24) is 0 Å². The number of hydrogen-bond donors (Lipinski definition) is 0. The van der Waals surface area contributed by atoms with Gasteiger partial charge in [-0.2, -0.15) is 0 Å². The summed E-state index contributed by atoms with van der Waals surface area (Å²) >= 11 is -3.31. The Bertz CT molecular complexity index is 362. The van der Waals surface area contributed by atoms with Gasteiger partial charge in [-0.05, 0) is 0 Å². The van der Waals surface area contributed by atoms with Crippen molar-refractivity contribution in [3.8, 4) is 0 Å². The molecule has 0 aliphatic carbocycles. The van der Waals surface area contributed by atoms with Gasteiger partial charge in [0.05, 0.1) is 0 Å². The summed E-state index contributed by atoms with van der Waals surface area (Å²) in [5.74, 6) is 0. The molecule has 0 saturated heterocycles. The minimum absolute atomic E-state index is 0.482. The van der Waals surface area contributed by atoms with Gasteiger partial charge in [-0.1, -0.05) is 0 Å². The Morgan fingerprint density at radius 3 is 1.87 bits per heavy atom. The Morgan fingerprint density at radius 1 is 0.867 bits per heavy atom. The van der Waals surface area contributed by atoms with Gasteiger partial charge in [0.1, 0.15) is 0 Å². The third-order valence-corrected chi connectivity index (χ3v) is 4.31. The van der Waals surface area contributed by atoms with E-state index in [0.717, 1.165) is 5.56 Å². The van der Waals surface area contributed by atoms with E-state index in [-0.39, 0.29) is 0 Å². The molecule has 0 atom stereocenters. The average Bonchev–Trinajstić information content (AvgIpc) is 2.33. The van der Waals surface area contributed by atoms with Crippen LogP contribution in [-0.4, -0.2) is 15.4 Å². The zero-order chi connectivity index (χ0) is 11.1. The van der Waals surface area contributed by atoms with Crippen molar-refractivity contribution in [1.29, 1.82) is 0 Å². The van der Waals surface area contributed by atoms with Gasteiger partial charge in [0, 0.05) is 0 Å². The summed E-state index contributed by atoms with van der Waals surface area (Å²) in [6, 6.07) is 9.21. The number of hydrogen-bond acceptors (Lipinski definition) is 3. The van der Waals surface area contributed by atoms with Gasteiger partial charge in [0.15, 0.2) is 0 Å². The fraction of sp³-hybridized carbons (Fsp3) is 0. The predicted molar refractivity (Wildman–Crippen MR) is 55.7 cm³/mol. The summed E-state index contributed by atoms with van der Waals surface area (Å²) in [5, 5.41) is 1.45. The average molecular weight is 242 g/mol. The normalized spacial score (nSPS) is 12.3. The second-order valence-electron chi connectivity index (χ2n) is 2.82. The van der Waals surface area contributed by atoms with Gasteiger partial charge >= 0.3 is 89.8 Å². The van der Waals surface area contributed by atoms with E-state index in [0.29, 0.717) is 15.4 Å². The van der Waals surface area contributed by atoms with E-state index in [4.69, 9.17) is 0 Å². The monoisotopic (exact) mass is 242 g/mol. The first kappa shape index (κ1) is 11.6. The van der Waals surface area contributed by atoms with Crippen LogP contribution in [0, 0.1) is 0 Å². The molecule has 0 amide bonds. The van der Waals surface area contributed by atoms with E-state index in [1.807, 2.05) is 30.3 Å². The zero-order valence-corrected chi connectivity index (χ0v) is 9.18. The van der Waals surface area contributed by atoms with Crippen LogP contribution in [0.1, 0.15) is 5.56 Å². The molecule has 0 fully saturated rings. The van der Waals surface area contributed by atoms with E-state index in [9.17, 15) is 14.4 Å². The van der Waals surface area contributed by atoms with Crippen molar-refractivity contribution in [3.63, 3.8) is 0 Å². The summed E-state index contributed by atoms with van der Waals surface area (Å²) < 4.78 is 0. The molecule has 0 spiro atoms. The summed E-state index contributed by atoms with van der Waals surface area (Å²) in [6.45, 7) is 0. The van der Waals surface area contributed by atoms with E-state index in [1.54, 1.807) is 6.08 Å². The van der Waals surface area contributed by atoms with Crippen molar-refractivity contribution in [2.75, 3.05) is 0 Å². The molecule has 0 bridgehead atoms. The van der Waals surface area contributed by atoms with Crippen molar-refractivity contribution < 1.29 is 27.5 Å². The molecule has 78 valence electrons. The Kier molecular flexibility index (Phi) is 4.17. The van der Waals surface area contributed by atoms with Crippen LogP contribution in [0.4, 0.5) is 0 Å². The third kappa shape index (κ3) is 2.98. The minimum atomic E-state index is -3.31. The first-order chi connectivity index (χ1) is 7.26. The Hall–Kier alpha value is -1.50. The first-order valence-corrected chi connectivity index (χ1v) is 7.13. The van der Waals surface area contributed by atoms with E-state index in [2.05, 4.69) is 0 Å². The molecule has 0 aromatic heterocycles. The zero-order valence-electron chi connectivity index (χ0n) is 7.91.